The summed E-state index contributed by atoms with van der Waals surface area (Å²) in [6.07, 6.45) is -4.70. The molecule has 1 rings (SSSR count). The highest BCUT2D eigenvalue weighted by molar-refractivity contribution is 7.89. The van der Waals surface area contributed by atoms with Crippen LogP contribution in [0.3, 0.4) is 0 Å². The van der Waals surface area contributed by atoms with Crippen LogP contribution in [0.5, 0.6) is 0 Å². The van der Waals surface area contributed by atoms with Gasteiger partial charge in [0, 0.05) is 13.6 Å². The van der Waals surface area contributed by atoms with Crippen molar-refractivity contribution in [2.75, 3.05) is 13.6 Å². The van der Waals surface area contributed by atoms with E-state index in [4.69, 9.17) is 5.73 Å². The molecule has 19 heavy (non-hydrogen) atoms. The standard InChI is InChI=1S/C10H12F4N2O2S/c1-16(6-10(12,13)14)19(17,18)9-3-2-7(5-15)4-8(9)11/h2-4H,5-6,15H2,1H3. The molecule has 1 aromatic carbocycles. The Morgan fingerprint density at radius 1 is 1.32 bits per heavy atom. The van der Waals surface area contributed by atoms with Crippen LogP contribution in [-0.4, -0.2) is 32.5 Å². The molecule has 0 radical (unpaired) electrons. The molecule has 0 saturated carbocycles. The van der Waals surface area contributed by atoms with E-state index < -0.39 is 33.5 Å². The third kappa shape index (κ3) is 3.88. The van der Waals surface area contributed by atoms with E-state index in [0.717, 1.165) is 19.2 Å². The van der Waals surface area contributed by atoms with Crippen LogP contribution in [-0.2, 0) is 16.6 Å². The maximum atomic E-state index is 13.6. The summed E-state index contributed by atoms with van der Waals surface area (Å²) in [4.78, 5) is -0.809. The molecule has 0 unspecified atom stereocenters. The average molecular weight is 300 g/mol. The lowest BCUT2D eigenvalue weighted by Gasteiger charge is -2.19. The van der Waals surface area contributed by atoms with Gasteiger partial charge >= 0.3 is 6.18 Å². The Kier molecular flexibility index (Phi) is 4.54. The first-order valence-electron chi connectivity index (χ1n) is 5.09. The average Bonchev–Trinajstić information content (AvgIpc) is 2.26. The summed E-state index contributed by atoms with van der Waals surface area (Å²) in [6, 6.07) is 3.03. The second-order valence-electron chi connectivity index (χ2n) is 3.85. The van der Waals surface area contributed by atoms with Crippen molar-refractivity contribution in [2.45, 2.75) is 17.6 Å². The molecule has 108 valence electrons. The third-order valence-corrected chi connectivity index (χ3v) is 4.16. The zero-order chi connectivity index (χ0) is 14.8. The van der Waals surface area contributed by atoms with E-state index in [2.05, 4.69) is 0 Å². The van der Waals surface area contributed by atoms with Gasteiger partial charge in [-0.15, -0.1) is 0 Å². The first-order chi connectivity index (χ1) is 8.58. The van der Waals surface area contributed by atoms with Gasteiger partial charge in [-0.05, 0) is 17.7 Å². The number of nitrogens with two attached hydrogens (primary N) is 1. The molecule has 0 bridgehead atoms. The molecule has 0 fully saturated rings. The summed E-state index contributed by atoms with van der Waals surface area (Å²) in [5, 5.41) is 0. The second kappa shape index (κ2) is 5.43. The lowest BCUT2D eigenvalue weighted by atomic mass is 10.2. The number of benzene rings is 1. The van der Waals surface area contributed by atoms with Crippen molar-refractivity contribution in [3.05, 3.63) is 29.6 Å². The van der Waals surface area contributed by atoms with Gasteiger partial charge in [0.15, 0.2) is 0 Å². The zero-order valence-electron chi connectivity index (χ0n) is 9.91. The number of alkyl halides is 3. The Bertz CT molecular complexity index is 557. The summed E-state index contributed by atoms with van der Waals surface area (Å²) >= 11 is 0. The minimum absolute atomic E-state index is 0.00433. The van der Waals surface area contributed by atoms with Gasteiger partial charge in [-0.2, -0.15) is 17.5 Å². The number of hydrogen-bond donors (Lipinski definition) is 1. The Hall–Kier alpha value is -1.19. The molecule has 1 aromatic rings. The largest absolute Gasteiger partial charge is 0.402 e. The second-order valence-corrected chi connectivity index (χ2v) is 5.86. The van der Waals surface area contributed by atoms with Gasteiger partial charge < -0.3 is 5.73 Å². The molecule has 0 aliphatic carbocycles. The van der Waals surface area contributed by atoms with Crippen LogP contribution in [0.25, 0.3) is 0 Å². The molecule has 0 heterocycles. The highest BCUT2D eigenvalue weighted by Gasteiger charge is 2.35. The fourth-order valence-corrected chi connectivity index (χ4v) is 2.58. The molecule has 2 N–H and O–H groups in total. The fourth-order valence-electron chi connectivity index (χ4n) is 1.39. The molecule has 0 spiro atoms. The normalized spacial score (nSPS) is 13.0. The lowest BCUT2D eigenvalue weighted by Crippen LogP contribution is -2.36. The number of nitrogens with zero attached hydrogens (tertiary/aromatic N) is 1. The molecule has 0 saturated heterocycles. The van der Waals surface area contributed by atoms with Crippen molar-refractivity contribution in [1.82, 2.24) is 4.31 Å². The molecular weight excluding hydrogens is 288 g/mol. The SMILES string of the molecule is CN(CC(F)(F)F)S(=O)(=O)c1ccc(CN)cc1F. The smallest absolute Gasteiger partial charge is 0.326 e. The quantitative estimate of drug-likeness (QED) is 0.856. The van der Waals surface area contributed by atoms with Crippen LogP contribution in [0, 0.1) is 5.82 Å². The minimum atomic E-state index is -4.70. The maximum absolute atomic E-state index is 13.6. The third-order valence-electron chi connectivity index (χ3n) is 2.32. The predicted molar refractivity (Wildman–Crippen MR) is 60.2 cm³/mol. The van der Waals surface area contributed by atoms with E-state index in [9.17, 15) is 26.0 Å². The Morgan fingerprint density at radius 2 is 1.89 bits per heavy atom. The van der Waals surface area contributed by atoms with E-state index in [1.54, 1.807) is 0 Å². The van der Waals surface area contributed by atoms with E-state index in [0.29, 0.717) is 5.56 Å². The van der Waals surface area contributed by atoms with Crippen LogP contribution in [0.1, 0.15) is 5.56 Å². The van der Waals surface area contributed by atoms with Crippen LogP contribution in [0.2, 0.25) is 0 Å². The number of rotatable bonds is 4. The van der Waals surface area contributed by atoms with Crippen molar-refractivity contribution in [3.8, 4) is 0 Å². The van der Waals surface area contributed by atoms with Crippen LogP contribution in [0.15, 0.2) is 23.1 Å². The summed E-state index contributed by atoms with van der Waals surface area (Å²) in [5.41, 5.74) is 5.59. The van der Waals surface area contributed by atoms with Gasteiger partial charge in [-0.1, -0.05) is 6.07 Å². The highest BCUT2D eigenvalue weighted by atomic mass is 32.2. The summed E-state index contributed by atoms with van der Waals surface area (Å²) in [6.45, 7) is -1.69. The van der Waals surface area contributed by atoms with Gasteiger partial charge in [-0.25, -0.2) is 12.8 Å². The monoisotopic (exact) mass is 300 g/mol. The first-order valence-corrected chi connectivity index (χ1v) is 6.53. The number of halogens is 4. The summed E-state index contributed by atoms with van der Waals surface area (Å²) in [5.74, 6) is -1.13. The molecule has 0 aliphatic rings. The van der Waals surface area contributed by atoms with Crippen molar-refractivity contribution >= 4 is 10.0 Å². The molecule has 0 aromatic heterocycles. The lowest BCUT2D eigenvalue weighted by molar-refractivity contribution is -0.134. The Balaban J connectivity index is 3.13. The summed E-state index contributed by atoms with van der Waals surface area (Å²) < 4.78 is 73.7. The van der Waals surface area contributed by atoms with E-state index >= 15 is 0 Å². The van der Waals surface area contributed by atoms with Crippen LogP contribution < -0.4 is 5.73 Å². The van der Waals surface area contributed by atoms with E-state index in [1.165, 1.54) is 6.07 Å². The van der Waals surface area contributed by atoms with Crippen molar-refractivity contribution in [2.24, 2.45) is 5.73 Å². The van der Waals surface area contributed by atoms with Gasteiger partial charge in [0.05, 0.1) is 0 Å². The number of hydrogen-bond acceptors (Lipinski definition) is 3. The van der Waals surface area contributed by atoms with Crippen molar-refractivity contribution in [1.29, 1.82) is 0 Å². The van der Waals surface area contributed by atoms with Crippen LogP contribution >= 0.6 is 0 Å². The zero-order valence-corrected chi connectivity index (χ0v) is 10.7. The van der Waals surface area contributed by atoms with E-state index in [1.807, 2.05) is 0 Å². The predicted octanol–water partition coefficient (Wildman–Crippen LogP) is 1.47. The maximum Gasteiger partial charge on any atom is 0.402 e. The highest BCUT2D eigenvalue weighted by Crippen LogP contribution is 2.23. The first kappa shape index (κ1) is 15.9. The fraction of sp³-hybridized carbons (Fsp3) is 0.400. The molecule has 0 amide bonds. The Morgan fingerprint density at radius 3 is 2.32 bits per heavy atom. The molecule has 0 atom stereocenters. The summed E-state index contributed by atoms with van der Waals surface area (Å²) in [7, 11) is -3.80. The van der Waals surface area contributed by atoms with Crippen molar-refractivity contribution < 1.29 is 26.0 Å². The topological polar surface area (TPSA) is 63.4 Å². The molecular formula is C10H12F4N2O2S. The van der Waals surface area contributed by atoms with Gasteiger partial charge in [-0.3, -0.25) is 0 Å². The van der Waals surface area contributed by atoms with Gasteiger partial charge in [0.2, 0.25) is 10.0 Å². The molecule has 4 nitrogen and oxygen atoms in total. The molecule has 9 heteroatoms. The van der Waals surface area contributed by atoms with Crippen LogP contribution in [0.4, 0.5) is 17.6 Å². The van der Waals surface area contributed by atoms with Gasteiger partial charge in [0.1, 0.15) is 17.3 Å². The van der Waals surface area contributed by atoms with Gasteiger partial charge in [0.25, 0.3) is 0 Å². The van der Waals surface area contributed by atoms with Crippen molar-refractivity contribution in [3.63, 3.8) is 0 Å². The minimum Gasteiger partial charge on any atom is -0.326 e. The Labute approximate surface area is 107 Å². The molecule has 0 aliphatic heterocycles. The van der Waals surface area contributed by atoms with E-state index in [-0.39, 0.29) is 10.8 Å². The number of sulfonamides is 1.